The molecule has 1 saturated heterocycles. The van der Waals surface area contributed by atoms with E-state index in [1.807, 2.05) is 6.07 Å². The number of hydrogen-bond donors (Lipinski definition) is 2. The molecule has 168 valence electrons. The number of hydrogen-bond acceptors (Lipinski definition) is 5. The number of nitrogens with one attached hydrogen (secondary N) is 1. The average Bonchev–Trinajstić information content (AvgIpc) is 2.83. The first kappa shape index (κ1) is 23.5. The molecule has 0 bridgehead atoms. The minimum absolute atomic E-state index is 0.179. The van der Waals surface area contributed by atoms with Crippen LogP contribution in [0.25, 0.3) is 0 Å². The quantitative estimate of drug-likeness (QED) is 0.666. The minimum atomic E-state index is -0.199. The highest BCUT2D eigenvalue weighted by Crippen LogP contribution is 2.23. The first-order chi connectivity index (χ1) is 15.5. The lowest BCUT2D eigenvalue weighted by atomic mass is 10.1. The van der Waals surface area contributed by atoms with Gasteiger partial charge in [0.2, 0.25) is 0 Å². The molecule has 1 aliphatic rings. The molecule has 1 heterocycles. The van der Waals surface area contributed by atoms with Crippen molar-refractivity contribution in [1.82, 2.24) is 9.80 Å². The molecule has 3 rings (SSSR count). The molecule has 32 heavy (non-hydrogen) atoms. The number of morpholine rings is 1. The number of anilines is 1. The highest BCUT2D eigenvalue weighted by atomic mass is 35.5. The van der Waals surface area contributed by atoms with Crippen molar-refractivity contribution >= 4 is 29.2 Å². The normalized spacial score (nSPS) is 13.3. The van der Waals surface area contributed by atoms with Crippen molar-refractivity contribution in [3.05, 3.63) is 64.2 Å². The molecular weight excluding hydrogens is 430 g/mol. The topological polar surface area (TPSA) is 112 Å². The fourth-order valence-electron chi connectivity index (χ4n) is 3.35. The van der Waals surface area contributed by atoms with E-state index in [0.29, 0.717) is 73.2 Å². The summed E-state index contributed by atoms with van der Waals surface area (Å²) < 4.78 is 5.28. The van der Waals surface area contributed by atoms with Crippen molar-refractivity contribution in [2.24, 2.45) is 5.73 Å². The second kappa shape index (κ2) is 11.5. The fourth-order valence-corrected chi connectivity index (χ4v) is 3.53. The van der Waals surface area contributed by atoms with Crippen LogP contribution in [-0.2, 0) is 11.3 Å². The minimum Gasteiger partial charge on any atom is -0.378 e. The number of carbonyl (C=O) groups is 2. The molecular formula is C23H26ClN5O3. The molecule has 8 nitrogen and oxygen atoms in total. The van der Waals surface area contributed by atoms with Gasteiger partial charge in [-0.05, 0) is 61.0 Å². The molecule has 0 aromatic heterocycles. The fraction of sp³-hybridized carbons (Fsp3) is 0.348. The lowest BCUT2D eigenvalue weighted by Gasteiger charge is -2.27. The van der Waals surface area contributed by atoms with Gasteiger partial charge in [0.15, 0.2) is 0 Å². The van der Waals surface area contributed by atoms with E-state index in [1.165, 1.54) is 0 Å². The van der Waals surface area contributed by atoms with Gasteiger partial charge in [0.05, 0.1) is 24.8 Å². The molecule has 0 radical (unpaired) electrons. The van der Waals surface area contributed by atoms with E-state index in [2.05, 4.69) is 5.32 Å². The largest absolute Gasteiger partial charge is 0.378 e. The number of ether oxygens (including phenoxy) is 1. The predicted molar refractivity (Wildman–Crippen MR) is 122 cm³/mol. The van der Waals surface area contributed by atoms with Crippen LogP contribution in [0.3, 0.4) is 0 Å². The average molecular weight is 456 g/mol. The van der Waals surface area contributed by atoms with Gasteiger partial charge in [-0.1, -0.05) is 11.6 Å². The van der Waals surface area contributed by atoms with Crippen molar-refractivity contribution in [3.8, 4) is 6.07 Å². The summed E-state index contributed by atoms with van der Waals surface area (Å²) in [6.07, 6.45) is 0.632. The van der Waals surface area contributed by atoms with Crippen LogP contribution >= 0.6 is 11.6 Å². The second-order valence-electron chi connectivity index (χ2n) is 7.39. The molecule has 1 aliphatic heterocycles. The Morgan fingerprint density at radius 1 is 1.19 bits per heavy atom. The summed E-state index contributed by atoms with van der Waals surface area (Å²) in [5.74, 6) is -0.179. The van der Waals surface area contributed by atoms with E-state index < -0.39 is 0 Å². The van der Waals surface area contributed by atoms with E-state index in [4.69, 9.17) is 27.3 Å². The SMILES string of the molecule is N#Cc1ccc(C(=O)N(CCCN)Cc2cc(NC(=O)N3CCOCC3)ccc2Cl)cc1. The zero-order chi connectivity index (χ0) is 22.9. The number of amides is 3. The van der Waals surface area contributed by atoms with Crippen LogP contribution in [0.5, 0.6) is 0 Å². The molecule has 9 heteroatoms. The Morgan fingerprint density at radius 2 is 1.91 bits per heavy atom. The maximum Gasteiger partial charge on any atom is 0.321 e. The maximum absolute atomic E-state index is 13.1. The lowest BCUT2D eigenvalue weighted by molar-refractivity contribution is 0.0564. The Labute approximate surface area is 192 Å². The molecule has 3 amide bonds. The maximum atomic E-state index is 13.1. The van der Waals surface area contributed by atoms with Crippen LogP contribution in [-0.4, -0.2) is 61.1 Å². The van der Waals surface area contributed by atoms with Crippen LogP contribution in [0.2, 0.25) is 5.02 Å². The first-order valence-corrected chi connectivity index (χ1v) is 10.8. The summed E-state index contributed by atoms with van der Waals surface area (Å²) in [6, 6.07) is 13.6. The molecule has 0 spiro atoms. The number of carbonyl (C=O) groups excluding carboxylic acids is 2. The van der Waals surface area contributed by atoms with Gasteiger partial charge in [-0.3, -0.25) is 4.79 Å². The van der Waals surface area contributed by atoms with Gasteiger partial charge in [0, 0.05) is 42.5 Å². The van der Waals surface area contributed by atoms with Crippen LogP contribution in [0.15, 0.2) is 42.5 Å². The molecule has 0 atom stereocenters. The smallest absolute Gasteiger partial charge is 0.321 e. The molecule has 0 saturated carbocycles. The highest BCUT2D eigenvalue weighted by molar-refractivity contribution is 6.31. The monoisotopic (exact) mass is 455 g/mol. The highest BCUT2D eigenvalue weighted by Gasteiger charge is 2.19. The number of rotatable bonds is 7. The number of benzene rings is 2. The number of halogens is 1. The molecule has 0 unspecified atom stereocenters. The van der Waals surface area contributed by atoms with E-state index in [-0.39, 0.29) is 18.5 Å². The Balaban J connectivity index is 1.76. The zero-order valence-corrected chi connectivity index (χ0v) is 18.5. The Kier molecular flexibility index (Phi) is 8.45. The van der Waals surface area contributed by atoms with Gasteiger partial charge >= 0.3 is 6.03 Å². The standard InChI is InChI=1S/C23H26ClN5O3/c24-21-7-6-20(27-23(31)28-10-12-32-13-11-28)14-19(21)16-29(9-1-8-25)22(30)18-4-2-17(15-26)3-5-18/h2-7,14H,1,8-13,16,25H2,(H,27,31). The number of urea groups is 1. The molecule has 2 aromatic rings. The molecule has 0 aliphatic carbocycles. The molecule has 2 aromatic carbocycles. The van der Waals surface area contributed by atoms with Gasteiger partial charge in [0.1, 0.15) is 0 Å². The number of nitrogens with two attached hydrogens (primary N) is 1. The summed E-state index contributed by atoms with van der Waals surface area (Å²) >= 11 is 6.41. The Bertz CT molecular complexity index is 984. The third kappa shape index (κ3) is 6.20. The Morgan fingerprint density at radius 3 is 2.56 bits per heavy atom. The third-order valence-electron chi connectivity index (χ3n) is 5.14. The third-order valence-corrected chi connectivity index (χ3v) is 5.51. The first-order valence-electron chi connectivity index (χ1n) is 10.4. The summed E-state index contributed by atoms with van der Waals surface area (Å²) in [6.45, 7) is 3.28. The summed E-state index contributed by atoms with van der Waals surface area (Å²) in [7, 11) is 0. The van der Waals surface area contributed by atoms with Gasteiger partial charge in [-0.25, -0.2) is 4.79 Å². The number of nitrogens with zero attached hydrogens (tertiary/aromatic N) is 3. The van der Waals surface area contributed by atoms with Crippen LogP contribution in [0.1, 0.15) is 27.9 Å². The number of nitriles is 1. The van der Waals surface area contributed by atoms with Gasteiger partial charge in [-0.15, -0.1) is 0 Å². The van der Waals surface area contributed by atoms with Crippen LogP contribution < -0.4 is 11.1 Å². The molecule has 1 fully saturated rings. The zero-order valence-electron chi connectivity index (χ0n) is 17.7. The Hall–Kier alpha value is -3.12. The van der Waals surface area contributed by atoms with E-state index in [1.54, 1.807) is 52.3 Å². The van der Waals surface area contributed by atoms with Gasteiger partial charge in [0.25, 0.3) is 5.91 Å². The predicted octanol–water partition coefficient (Wildman–Crippen LogP) is 3.07. The van der Waals surface area contributed by atoms with Gasteiger partial charge in [-0.2, -0.15) is 5.26 Å². The summed E-state index contributed by atoms with van der Waals surface area (Å²) in [4.78, 5) is 29.0. The summed E-state index contributed by atoms with van der Waals surface area (Å²) in [5, 5.41) is 12.4. The van der Waals surface area contributed by atoms with Crippen molar-refractivity contribution < 1.29 is 14.3 Å². The molecule has 3 N–H and O–H groups in total. The van der Waals surface area contributed by atoms with Gasteiger partial charge < -0.3 is 25.6 Å². The van der Waals surface area contributed by atoms with E-state index in [9.17, 15) is 9.59 Å². The van der Waals surface area contributed by atoms with Crippen molar-refractivity contribution in [2.45, 2.75) is 13.0 Å². The lowest BCUT2D eigenvalue weighted by Crippen LogP contribution is -2.43. The summed E-state index contributed by atoms with van der Waals surface area (Å²) in [5.41, 5.74) is 7.95. The second-order valence-corrected chi connectivity index (χ2v) is 7.80. The van der Waals surface area contributed by atoms with Crippen molar-refractivity contribution in [3.63, 3.8) is 0 Å². The van der Waals surface area contributed by atoms with Crippen LogP contribution in [0, 0.1) is 11.3 Å². The van der Waals surface area contributed by atoms with E-state index >= 15 is 0 Å². The van der Waals surface area contributed by atoms with E-state index in [0.717, 1.165) is 0 Å². The van der Waals surface area contributed by atoms with Crippen molar-refractivity contribution in [1.29, 1.82) is 5.26 Å². The van der Waals surface area contributed by atoms with Crippen molar-refractivity contribution in [2.75, 3.05) is 44.7 Å². The van der Waals surface area contributed by atoms with Crippen LogP contribution in [0.4, 0.5) is 10.5 Å².